The maximum atomic E-state index is 12.3. The number of nitrogens with one attached hydrogen (secondary N) is 1. The number of amides is 2. The molecule has 2 rings (SSSR count). The summed E-state index contributed by atoms with van der Waals surface area (Å²) in [6.45, 7) is 3.36. The quantitative estimate of drug-likeness (QED) is 0.739. The summed E-state index contributed by atoms with van der Waals surface area (Å²) in [7, 11) is 0. The fourth-order valence-corrected chi connectivity index (χ4v) is 2.58. The minimum absolute atomic E-state index is 0.209. The molecule has 0 bridgehead atoms. The molecule has 0 aliphatic carbocycles. The number of esters is 1. The molecule has 0 atom stereocenters. The monoisotopic (exact) mass is 388 g/mol. The summed E-state index contributed by atoms with van der Waals surface area (Å²) in [5.74, 6) is -1.24. The number of hydrogen-bond donors (Lipinski definition) is 1. The zero-order valence-electron chi connectivity index (χ0n) is 15.2. The van der Waals surface area contributed by atoms with E-state index in [0.29, 0.717) is 17.3 Å². The van der Waals surface area contributed by atoms with Crippen LogP contribution in [0, 0.1) is 0 Å². The second kappa shape index (κ2) is 9.73. The van der Waals surface area contributed by atoms with Crippen LogP contribution in [-0.2, 0) is 20.9 Å². The zero-order valence-corrected chi connectivity index (χ0v) is 16.0. The molecular weight excluding hydrogens is 368 g/mol. The molecular formula is C20H21ClN2O4. The van der Waals surface area contributed by atoms with Gasteiger partial charge in [-0.3, -0.25) is 9.59 Å². The third-order valence-corrected chi connectivity index (χ3v) is 4.03. The van der Waals surface area contributed by atoms with Crippen LogP contribution in [0.15, 0.2) is 48.5 Å². The standard InChI is InChI=1S/C20H21ClN2O4/c1-3-27-20(26)17-6-4-5-7-18(17)23(14(2)24)13-19(25)22-12-15-8-10-16(21)11-9-15/h4-11H,3,12-13H2,1-2H3,(H,22,25). The molecule has 2 aromatic rings. The van der Waals surface area contributed by atoms with Crippen molar-refractivity contribution in [3.63, 3.8) is 0 Å². The number of halogens is 1. The average Bonchev–Trinajstić information content (AvgIpc) is 2.65. The Hall–Kier alpha value is -2.86. The maximum Gasteiger partial charge on any atom is 0.340 e. The SMILES string of the molecule is CCOC(=O)c1ccccc1N(CC(=O)NCc1ccc(Cl)cc1)C(C)=O. The van der Waals surface area contributed by atoms with E-state index >= 15 is 0 Å². The van der Waals surface area contributed by atoms with Crippen molar-refractivity contribution < 1.29 is 19.1 Å². The van der Waals surface area contributed by atoms with Crippen molar-refractivity contribution in [1.29, 1.82) is 0 Å². The first kappa shape index (κ1) is 20.5. The summed E-state index contributed by atoms with van der Waals surface area (Å²) >= 11 is 5.84. The van der Waals surface area contributed by atoms with E-state index in [2.05, 4.69) is 5.32 Å². The molecule has 0 aliphatic rings. The van der Waals surface area contributed by atoms with Gasteiger partial charge in [0.25, 0.3) is 0 Å². The highest BCUT2D eigenvalue weighted by Crippen LogP contribution is 2.21. The maximum absolute atomic E-state index is 12.3. The largest absolute Gasteiger partial charge is 0.462 e. The molecule has 0 radical (unpaired) electrons. The van der Waals surface area contributed by atoms with Crippen LogP contribution >= 0.6 is 11.6 Å². The number of ether oxygens (including phenoxy) is 1. The Labute approximate surface area is 163 Å². The van der Waals surface area contributed by atoms with Gasteiger partial charge in [0.1, 0.15) is 6.54 Å². The number of rotatable bonds is 7. The Kier molecular flexibility index (Phi) is 7.37. The lowest BCUT2D eigenvalue weighted by Crippen LogP contribution is -2.40. The second-order valence-electron chi connectivity index (χ2n) is 5.75. The predicted octanol–water partition coefficient (Wildman–Crippen LogP) is 3.19. The van der Waals surface area contributed by atoms with Gasteiger partial charge in [0.05, 0.1) is 17.9 Å². The van der Waals surface area contributed by atoms with Crippen molar-refractivity contribution in [1.82, 2.24) is 5.32 Å². The molecule has 0 fully saturated rings. The zero-order chi connectivity index (χ0) is 19.8. The van der Waals surface area contributed by atoms with Gasteiger partial charge in [0, 0.05) is 18.5 Å². The Bertz CT molecular complexity index is 821. The summed E-state index contributed by atoms with van der Waals surface area (Å²) in [5.41, 5.74) is 1.46. The van der Waals surface area contributed by atoms with Gasteiger partial charge in [-0.05, 0) is 36.8 Å². The van der Waals surface area contributed by atoms with E-state index in [9.17, 15) is 14.4 Å². The fourth-order valence-electron chi connectivity index (χ4n) is 2.46. The molecule has 7 heteroatoms. The molecule has 27 heavy (non-hydrogen) atoms. The van der Waals surface area contributed by atoms with E-state index in [0.717, 1.165) is 5.56 Å². The first-order chi connectivity index (χ1) is 12.9. The molecule has 0 unspecified atom stereocenters. The second-order valence-corrected chi connectivity index (χ2v) is 6.18. The Morgan fingerprint density at radius 3 is 2.37 bits per heavy atom. The van der Waals surface area contributed by atoms with Gasteiger partial charge in [0.2, 0.25) is 11.8 Å². The van der Waals surface area contributed by atoms with E-state index in [1.165, 1.54) is 11.8 Å². The molecule has 0 aliphatic heterocycles. The minimum Gasteiger partial charge on any atom is -0.462 e. The number of anilines is 1. The van der Waals surface area contributed by atoms with Crippen LogP contribution in [0.5, 0.6) is 0 Å². The lowest BCUT2D eigenvalue weighted by atomic mass is 10.1. The van der Waals surface area contributed by atoms with Crippen molar-refractivity contribution in [3.05, 3.63) is 64.7 Å². The minimum atomic E-state index is -0.541. The molecule has 0 saturated heterocycles. The van der Waals surface area contributed by atoms with Gasteiger partial charge in [0.15, 0.2) is 0 Å². The van der Waals surface area contributed by atoms with E-state index in [-0.39, 0.29) is 30.5 Å². The number of carbonyl (C=O) groups excluding carboxylic acids is 3. The Morgan fingerprint density at radius 2 is 1.74 bits per heavy atom. The number of carbonyl (C=O) groups is 3. The summed E-state index contributed by atoms with van der Waals surface area (Å²) in [4.78, 5) is 37.8. The van der Waals surface area contributed by atoms with Gasteiger partial charge in [-0.25, -0.2) is 4.79 Å². The molecule has 0 aromatic heterocycles. The molecule has 2 amide bonds. The molecule has 0 spiro atoms. The lowest BCUT2D eigenvalue weighted by molar-refractivity contribution is -0.123. The highest BCUT2D eigenvalue weighted by molar-refractivity contribution is 6.30. The van der Waals surface area contributed by atoms with Crippen LogP contribution in [0.25, 0.3) is 0 Å². The highest BCUT2D eigenvalue weighted by Gasteiger charge is 2.22. The summed E-state index contributed by atoms with van der Waals surface area (Å²) in [5, 5.41) is 3.37. The van der Waals surface area contributed by atoms with Gasteiger partial charge in [-0.2, -0.15) is 0 Å². The first-order valence-electron chi connectivity index (χ1n) is 8.47. The number of hydrogen-bond acceptors (Lipinski definition) is 4. The van der Waals surface area contributed by atoms with Gasteiger partial charge >= 0.3 is 5.97 Å². The molecule has 1 N–H and O–H groups in total. The topological polar surface area (TPSA) is 75.7 Å². The number of para-hydroxylation sites is 1. The van der Waals surface area contributed by atoms with Gasteiger partial charge < -0.3 is 15.0 Å². The highest BCUT2D eigenvalue weighted by atomic mass is 35.5. The van der Waals surface area contributed by atoms with E-state index < -0.39 is 5.97 Å². The summed E-state index contributed by atoms with van der Waals surface area (Å²) in [6.07, 6.45) is 0. The Balaban J connectivity index is 2.11. The van der Waals surface area contributed by atoms with Crippen LogP contribution in [0.2, 0.25) is 5.02 Å². The molecule has 0 saturated carbocycles. The third kappa shape index (κ3) is 5.82. The molecule has 6 nitrogen and oxygen atoms in total. The smallest absolute Gasteiger partial charge is 0.340 e. The van der Waals surface area contributed by atoms with Crippen LogP contribution in [0.3, 0.4) is 0 Å². The molecule has 2 aromatic carbocycles. The number of nitrogens with zero attached hydrogens (tertiary/aromatic N) is 1. The van der Waals surface area contributed by atoms with E-state index in [1.54, 1.807) is 55.5 Å². The van der Waals surface area contributed by atoms with Crippen LogP contribution in [0.1, 0.15) is 29.8 Å². The van der Waals surface area contributed by atoms with Crippen LogP contribution in [0.4, 0.5) is 5.69 Å². The van der Waals surface area contributed by atoms with Crippen molar-refractivity contribution in [3.8, 4) is 0 Å². The Morgan fingerprint density at radius 1 is 1.07 bits per heavy atom. The van der Waals surface area contributed by atoms with Crippen LogP contribution < -0.4 is 10.2 Å². The summed E-state index contributed by atoms with van der Waals surface area (Å²) < 4.78 is 5.03. The average molecular weight is 389 g/mol. The van der Waals surface area contributed by atoms with Crippen molar-refractivity contribution in [2.45, 2.75) is 20.4 Å². The first-order valence-corrected chi connectivity index (χ1v) is 8.85. The van der Waals surface area contributed by atoms with Crippen molar-refractivity contribution >= 4 is 35.1 Å². The summed E-state index contributed by atoms with van der Waals surface area (Å²) in [6, 6.07) is 13.6. The predicted molar refractivity (Wildman–Crippen MR) is 104 cm³/mol. The van der Waals surface area contributed by atoms with E-state index in [4.69, 9.17) is 16.3 Å². The normalized spacial score (nSPS) is 10.2. The van der Waals surface area contributed by atoms with Gasteiger partial charge in [-0.15, -0.1) is 0 Å². The van der Waals surface area contributed by atoms with E-state index in [1.807, 2.05) is 0 Å². The lowest BCUT2D eigenvalue weighted by Gasteiger charge is -2.23. The molecule has 0 heterocycles. The van der Waals surface area contributed by atoms with Crippen molar-refractivity contribution in [2.24, 2.45) is 0 Å². The fraction of sp³-hybridized carbons (Fsp3) is 0.250. The van der Waals surface area contributed by atoms with Gasteiger partial charge in [-0.1, -0.05) is 35.9 Å². The molecule has 142 valence electrons. The van der Waals surface area contributed by atoms with Crippen LogP contribution in [-0.4, -0.2) is 30.9 Å². The third-order valence-electron chi connectivity index (χ3n) is 3.77. The van der Waals surface area contributed by atoms with Crippen molar-refractivity contribution in [2.75, 3.05) is 18.1 Å². The number of benzene rings is 2.